The van der Waals surface area contributed by atoms with Gasteiger partial charge < -0.3 is 9.47 Å². The molecule has 3 rings (SSSR count). The molecular formula is C21H17NO5S. The number of rotatable bonds is 6. The zero-order valence-corrected chi connectivity index (χ0v) is 15.8. The second-order valence-corrected chi connectivity index (χ2v) is 6.72. The van der Waals surface area contributed by atoms with Crippen molar-refractivity contribution in [2.45, 2.75) is 0 Å². The molecule has 0 aliphatic rings. The molecule has 3 aromatic rings. The molecule has 1 aromatic heterocycles. The van der Waals surface area contributed by atoms with E-state index in [0.29, 0.717) is 4.88 Å². The molecule has 0 radical (unpaired) electrons. The number of thiophene rings is 1. The Morgan fingerprint density at radius 3 is 2.61 bits per heavy atom. The van der Waals surface area contributed by atoms with Crippen LogP contribution in [-0.4, -0.2) is 31.5 Å². The summed E-state index contributed by atoms with van der Waals surface area (Å²) in [5.41, 5.74) is 0.812. The molecule has 0 unspecified atom stereocenters. The molecule has 28 heavy (non-hydrogen) atoms. The fraction of sp³-hybridized carbons (Fsp3) is 0.0952. The van der Waals surface area contributed by atoms with Crippen LogP contribution in [0.1, 0.15) is 15.2 Å². The van der Waals surface area contributed by atoms with E-state index in [1.165, 1.54) is 17.4 Å². The Hall–Kier alpha value is -3.45. The molecule has 6 nitrogen and oxygen atoms in total. The van der Waals surface area contributed by atoms with Crippen LogP contribution < -0.4 is 10.1 Å². The lowest BCUT2D eigenvalue weighted by Gasteiger charge is -2.04. The van der Waals surface area contributed by atoms with Crippen molar-refractivity contribution in [3.05, 3.63) is 70.4 Å². The highest BCUT2D eigenvalue weighted by Crippen LogP contribution is 2.22. The van der Waals surface area contributed by atoms with Gasteiger partial charge in [-0.25, -0.2) is 4.79 Å². The Kier molecular flexibility index (Phi) is 6.18. The van der Waals surface area contributed by atoms with E-state index in [1.807, 2.05) is 36.4 Å². The molecule has 0 fully saturated rings. The van der Waals surface area contributed by atoms with Crippen molar-refractivity contribution in [1.29, 1.82) is 0 Å². The summed E-state index contributed by atoms with van der Waals surface area (Å²) in [7, 11) is 1.61. The van der Waals surface area contributed by atoms with Crippen molar-refractivity contribution in [3.8, 4) is 5.75 Å². The molecule has 0 spiro atoms. The van der Waals surface area contributed by atoms with Crippen LogP contribution in [0.4, 0.5) is 0 Å². The molecule has 1 N–H and O–H groups in total. The van der Waals surface area contributed by atoms with E-state index >= 15 is 0 Å². The zero-order valence-electron chi connectivity index (χ0n) is 15.0. The number of carbonyl (C=O) groups is 3. The highest BCUT2D eigenvalue weighted by molar-refractivity contribution is 7.12. The molecule has 0 bridgehead atoms. The summed E-state index contributed by atoms with van der Waals surface area (Å²) in [6.07, 6.45) is 2.83. The number of esters is 1. The first-order valence-electron chi connectivity index (χ1n) is 8.35. The molecule has 0 aliphatic heterocycles. The van der Waals surface area contributed by atoms with Gasteiger partial charge in [-0.3, -0.25) is 14.9 Å². The van der Waals surface area contributed by atoms with Crippen LogP contribution >= 0.6 is 11.3 Å². The Labute approximate surface area is 165 Å². The normalized spacial score (nSPS) is 10.8. The van der Waals surface area contributed by atoms with Gasteiger partial charge in [0.1, 0.15) is 5.75 Å². The minimum atomic E-state index is -0.681. The van der Waals surface area contributed by atoms with E-state index < -0.39 is 24.4 Å². The van der Waals surface area contributed by atoms with Crippen molar-refractivity contribution < 1.29 is 23.9 Å². The average Bonchev–Trinajstić information content (AvgIpc) is 3.25. The van der Waals surface area contributed by atoms with Crippen LogP contribution in [0.25, 0.3) is 16.8 Å². The quantitative estimate of drug-likeness (QED) is 0.511. The lowest BCUT2D eigenvalue weighted by Crippen LogP contribution is -2.33. The molecule has 0 saturated heterocycles. The molecule has 0 saturated carbocycles. The van der Waals surface area contributed by atoms with Gasteiger partial charge in [0, 0.05) is 6.08 Å². The molecule has 142 valence electrons. The van der Waals surface area contributed by atoms with Gasteiger partial charge in [0.2, 0.25) is 0 Å². The van der Waals surface area contributed by atoms with Crippen molar-refractivity contribution >= 4 is 46.0 Å². The fourth-order valence-corrected chi connectivity index (χ4v) is 3.07. The lowest BCUT2D eigenvalue weighted by atomic mass is 10.1. The van der Waals surface area contributed by atoms with Gasteiger partial charge in [-0.2, -0.15) is 0 Å². The molecule has 2 amide bonds. The van der Waals surface area contributed by atoms with Crippen LogP contribution in [0.2, 0.25) is 0 Å². The predicted molar refractivity (Wildman–Crippen MR) is 107 cm³/mol. The Balaban J connectivity index is 1.52. The Morgan fingerprint density at radius 1 is 1.07 bits per heavy atom. The maximum absolute atomic E-state index is 11.8. The fourth-order valence-electron chi connectivity index (χ4n) is 2.45. The first-order valence-corrected chi connectivity index (χ1v) is 9.23. The van der Waals surface area contributed by atoms with E-state index in [0.717, 1.165) is 22.1 Å². The Bertz CT molecular complexity index is 1040. The standard InChI is InChI=1S/C21H17NO5S/c1-26-17-8-7-15-11-14(4-6-16(15)12-17)5-9-20(24)27-13-19(23)22-21(25)18-3-2-10-28-18/h2-12H,13H2,1H3,(H,22,23,25)/b9-5+. The number of carbonyl (C=O) groups excluding carboxylic acids is 3. The summed E-state index contributed by atoms with van der Waals surface area (Å²) in [6.45, 7) is -0.530. The van der Waals surface area contributed by atoms with Crippen LogP contribution in [0.5, 0.6) is 5.75 Å². The SMILES string of the molecule is COc1ccc2cc(/C=C/C(=O)OCC(=O)NC(=O)c3cccs3)ccc2c1. The summed E-state index contributed by atoms with van der Waals surface area (Å²) >= 11 is 1.22. The third-order valence-corrected chi connectivity index (χ3v) is 4.70. The molecule has 0 atom stereocenters. The number of methoxy groups -OCH3 is 1. The zero-order chi connectivity index (χ0) is 19.9. The number of hydrogen-bond acceptors (Lipinski definition) is 6. The predicted octanol–water partition coefficient (Wildman–Crippen LogP) is 3.42. The Morgan fingerprint density at radius 2 is 1.86 bits per heavy atom. The third-order valence-electron chi connectivity index (χ3n) is 3.83. The smallest absolute Gasteiger partial charge is 0.331 e. The van der Waals surface area contributed by atoms with Crippen LogP contribution in [0, 0.1) is 0 Å². The maximum Gasteiger partial charge on any atom is 0.331 e. The van der Waals surface area contributed by atoms with Crippen LogP contribution in [-0.2, 0) is 14.3 Å². The van der Waals surface area contributed by atoms with Crippen molar-refractivity contribution in [3.63, 3.8) is 0 Å². The number of hydrogen-bond donors (Lipinski definition) is 1. The summed E-state index contributed by atoms with van der Waals surface area (Å²) in [6, 6.07) is 14.7. The first-order chi connectivity index (χ1) is 13.5. The highest BCUT2D eigenvalue weighted by Gasteiger charge is 2.12. The average molecular weight is 395 g/mol. The second-order valence-electron chi connectivity index (χ2n) is 5.77. The molecule has 7 heteroatoms. The molecule has 0 aliphatic carbocycles. The van der Waals surface area contributed by atoms with Gasteiger partial charge in [-0.15, -0.1) is 11.3 Å². The van der Waals surface area contributed by atoms with Gasteiger partial charge in [-0.1, -0.05) is 24.3 Å². The summed E-state index contributed by atoms with van der Waals surface area (Å²) < 4.78 is 10.1. The van der Waals surface area contributed by atoms with E-state index in [2.05, 4.69) is 5.32 Å². The highest BCUT2D eigenvalue weighted by atomic mass is 32.1. The first kappa shape index (κ1) is 19.3. The van der Waals surface area contributed by atoms with E-state index in [-0.39, 0.29) is 0 Å². The number of ether oxygens (including phenoxy) is 2. The molecular weight excluding hydrogens is 378 g/mol. The second kappa shape index (κ2) is 8.96. The van der Waals surface area contributed by atoms with Gasteiger partial charge >= 0.3 is 5.97 Å². The van der Waals surface area contributed by atoms with Crippen molar-refractivity contribution in [2.24, 2.45) is 0 Å². The van der Waals surface area contributed by atoms with Crippen LogP contribution in [0.3, 0.4) is 0 Å². The minimum Gasteiger partial charge on any atom is -0.497 e. The lowest BCUT2D eigenvalue weighted by molar-refractivity contribution is -0.143. The van der Waals surface area contributed by atoms with Crippen LogP contribution in [0.15, 0.2) is 60.0 Å². The topological polar surface area (TPSA) is 81.7 Å². The van der Waals surface area contributed by atoms with Gasteiger partial charge in [0.25, 0.3) is 11.8 Å². The summed E-state index contributed by atoms with van der Waals surface area (Å²) in [4.78, 5) is 35.6. The number of fused-ring (bicyclic) bond motifs is 1. The van der Waals surface area contributed by atoms with Crippen molar-refractivity contribution in [2.75, 3.05) is 13.7 Å². The number of nitrogens with one attached hydrogen (secondary N) is 1. The summed E-state index contributed by atoms with van der Waals surface area (Å²) in [5.74, 6) is -1.09. The van der Waals surface area contributed by atoms with Gasteiger partial charge in [-0.05, 0) is 52.1 Å². The van der Waals surface area contributed by atoms with Gasteiger partial charge in [0.15, 0.2) is 6.61 Å². The minimum absolute atomic E-state index is 0.411. The van der Waals surface area contributed by atoms with Gasteiger partial charge in [0.05, 0.1) is 12.0 Å². The number of imide groups is 1. The van der Waals surface area contributed by atoms with Crippen molar-refractivity contribution in [1.82, 2.24) is 5.32 Å². The largest absolute Gasteiger partial charge is 0.497 e. The summed E-state index contributed by atoms with van der Waals surface area (Å²) in [5, 5.41) is 5.91. The molecule has 2 aromatic carbocycles. The number of amides is 2. The van der Waals surface area contributed by atoms with E-state index in [1.54, 1.807) is 30.7 Å². The van der Waals surface area contributed by atoms with E-state index in [4.69, 9.17) is 9.47 Å². The monoisotopic (exact) mass is 395 g/mol. The maximum atomic E-state index is 11.8. The van der Waals surface area contributed by atoms with E-state index in [9.17, 15) is 14.4 Å². The molecule has 1 heterocycles. The number of benzene rings is 2. The third kappa shape index (κ3) is 5.05.